The van der Waals surface area contributed by atoms with E-state index in [4.69, 9.17) is 21.1 Å². The molecule has 2 aliphatic rings. The molecule has 0 radical (unpaired) electrons. The van der Waals surface area contributed by atoms with Crippen LogP contribution in [0.4, 0.5) is 0 Å². The Kier molecular flexibility index (Phi) is 3.71. The van der Waals surface area contributed by atoms with Crippen LogP contribution in [0.5, 0.6) is 0 Å². The van der Waals surface area contributed by atoms with Crippen molar-refractivity contribution in [3.05, 3.63) is 34.3 Å². The normalized spacial score (nSPS) is 21.4. The first-order chi connectivity index (χ1) is 9.60. The maximum absolute atomic E-state index is 12.6. The van der Waals surface area contributed by atoms with E-state index in [-0.39, 0.29) is 5.91 Å². The Balaban J connectivity index is 1.79. The fraction of sp³-hybridized carbons (Fsp3) is 0.533. The van der Waals surface area contributed by atoms with Gasteiger partial charge in [0.05, 0.1) is 30.3 Å². The van der Waals surface area contributed by atoms with Crippen molar-refractivity contribution in [3.8, 4) is 0 Å². The Labute approximate surface area is 123 Å². The van der Waals surface area contributed by atoms with E-state index >= 15 is 0 Å². The first-order valence-electron chi connectivity index (χ1n) is 6.93. The molecule has 3 rings (SSSR count). The molecule has 5 heteroatoms. The van der Waals surface area contributed by atoms with E-state index < -0.39 is 5.79 Å². The average molecular weight is 296 g/mol. The molecule has 0 saturated carbocycles. The van der Waals surface area contributed by atoms with Crippen LogP contribution < -0.4 is 0 Å². The zero-order valence-corrected chi connectivity index (χ0v) is 12.3. The second-order valence-electron chi connectivity index (χ2n) is 5.42. The quantitative estimate of drug-likeness (QED) is 0.799. The fourth-order valence-electron chi connectivity index (χ4n) is 2.86. The van der Waals surface area contributed by atoms with Crippen molar-refractivity contribution in [1.82, 2.24) is 4.90 Å². The molecule has 108 valence electrons. The summed E-state index contributed by atoms with van der Waals surface area (Å²) in [6.45, 7) is 4.37. The van der Waals surface area contributed by atoms with Crippen LogP contribution in [0.1, 0.15) is 28.8 Å². The number of rotatable bonds is 1. The molecule has 2 saturated heterocycles. The SMILES string of the molecule is Cc1ccc(C(=O)N2CCCC3(C2)OCCO3)c(Cl)c1. The van der Waals surface area contributed by atoms with E-state index in [0.29, 0.717) is 30.3 Å². The maximum Gasteiger partial charge on any atom is 0.255 e. The molecule has 1 spiro atoms. The second-order valence-corrected chi connectivity index (χ2v) is 5.83. The number of amides is 1. The Morgan fingerprint density at radius 2 is 2.10 bits per heavy atom. The number of hydrogen-bond acceptors (Lipinski definition) is 3. The number of carbonyl (C=O) groups is 1. The lowest BCUT2D eigenvalue weighted by atomic mass is 10.0. The summed E-state index contributed by atoms with van der Waals surface area (Å²) in [6.07, 6.45) is 1.73. The van der Waals surface area contributed by atoms with Crippen LogP contribution in [0.2, 0.25) is 5.02 Å². The van der Waals surface area contributed by atoms with Crippen molar-refractivity contribution in [2.45, 2.75) is 25.6 Å². The van der Waals surface area contributed by atoms with Crippen molar-refractivity contribution >= 4 is 17.5 Å². The van der Waals surface area contributed by atoms with Crippen LogP contribution in [-0.2, 0) is 9.47 Å². The molecule has 0 aromatic heterocycles. The monoisotopic (exact) mass is 295 g/mol. The molecule has 2 heterocycles. The Morgan fingerprint density at radius 1 is 1.35 bits per heavy atom. The van der Waals surface area contributed by atoms with Crippen LogP contribution in [0.3, 0.4) is 0 Å². The lowest BCUT2D eigenvalue weighted by molar-refractivity contribution is -0.183. The molecular weight excluding hydrogens is 278 g/mol. The van der Waals surface area contributed by atoms with Gasteiger partial charge in [-0.05, 0) is 31.0 Å². The third kappa shape index (κ3) is 2.55. The van der Waals surface area contributed by atoms with Crippen molar-refractivity contribution in [2.24, 2.45) is 0 Å². The first-order valence-corrected chi connectivity index (χ1v) is 7.31. The van der Waals surface area contributed by atoms with Crippen molar-refractivity contribution in [1.29, 1.82) is 0 Å². The smallest absolute Gasteiger partial charge is 0.255 e. The number of nitrogens with zero attached hydrogens (tertiary/aromatic N) is 1. The van der Waals surface area contributed by atoms with E-state index in [1.54, 1.807) is 11.0 Å². The molecule has 2 fully saturated rings. The highest BCUT2D eigenvalue weighted by atomic mass is 35.5. The molecule has 1 aromatic rings. The van der Waals surface area contributed by atoms with E-state index in [0.717, 1.165) is 24.9 Å². The minimum Gasteiger partial charge on any atom is -0.346 e. The fourth-order valence-corrected chi connectivity index (χ4v) is 3.17. The summed E-state index contributed by atoms with van der Waals surface area (Å²) in [7, 11) is 0. The standard InChI is InChI=1S/C15H18ClNO3/c1-11-3-4-12(13(16)9-11)14(18)17-6-2-5-15(10-17)19-7-8-20-15/h3-4,9H,2,5-8,10H2,1H3. The summed E-state index contributed by atoms with van der Waals surface area (Å²) >= 11 is 6.18. The Hall–Kier alpha value is -1.10. The molecular formula is C15H18ClNO3. The number of ether oxygens (including phenoxy) is 2. The van der Waals surface area contributed by atoms with Gasteiger partial charge in [0.2, 0.25) is 0 Å². The van der Waals surface area contributed by atoms with Gasteiger partial charge in [0.15, 0.2) is 5.79 Å². The molecule has 0 atom stereocenters. The third-order valence-electron chi connectivity index (χ3n) is 3.87. The van der Waals surface area contributed by atoms with Crippen LogP contribution in [-0.4, -0.2) is 42.9 Å². The van der Waals surface area contributed by atoms with Gasteiger partial charge in [0.25, 0.3) is 5.91 Å². The highest BCUT2D eigenvalue weighted by molar-refractivity contribution is 6.33. The molecule has 0 unspecified atom stereocenters. The third-order valence-corrected chi connectivity index (χ3v) is 4.19. The molecule has 0 bridgehead atoms. The number of aryl methyl sites for hydroxylation is 1. The Bertz CT molecular complexity index is 526. The highest BCUT2D eigenvalue weighted by Gasteiger charge is 2.42. The summed E-state index contributed by atoms with van der Waals surface area (Å²) < 4.78 is 11.4. The van der Waals surface area contributed by atoms with Gasteiger partial charge in [-0.1, -0.05) is 17.7 Å². The molecule has 0 aliphatic carbocycles. The van der Waals surface area contributed by atoms with Crippen molar-refractivity contribution in [2.75, 3.05) is 26.3 Å². The summed E-state index contributed by atoms with van der Waals surface area (Å²) in [5.74, 6) is -0.640. The van der Waals surface area contributed by atoms with Gasteiger partial charge in [-0.25, -0.2) is 0 Å². The van der Waals surface area contributed by atoms with Gasteiger partial charge in [0.1, 0.15) is 0 Å². The predicted molar refractivity (Wildman–Crippen MR) is 76.0 cm³/mol. The predicted octanol–water partition coefficient (Wildman–Crippen LogP) is 2.63. The van der Waals surface area contributed by atoms with E-state index in [1.807, 2.05) is 19.1 Å². The molecule has 2 aliphatic heterocycles. The van der Waals surface area contributed by atoms with Crippen LogP contribution in [0.25, 0.3) is 0 Å². The summed E-state index contributed by atoms with van der Waals surface area (Å²) in [6, 6.07) is 5.51. The zero-order valence-electron chi connectivity index (χ0n) is 11.5. The summed E-state index contributed by atoms with van der Waals surface area (Å²) in [4.78, 5) is 14.4. The summed E-state index contributed by atoms with van der Waals surface area (Å²) in [5, 5.41) is 0.503. The molecule has 4 nitrogen and oxygen atoms in total. The lowest BCUT2D eigenvalue weighted by Gasteiger charge is -2.38. The van der Waals surface area contributed by atoms with Gasteiger partial charge in [0, 0.05) is 13.0 Å². The minimum absolute atomic E-state index is 0.0480. The lowest BCUT2D eigenvalue weighted by Crippen LogP contribution is -2.51. The number of hydrogen-bond donors (Lipinski definition) is 0. The van der Waals surface area contributed by atoms with Crippen molar-refractivity contribution in [3.63, 3.8) is 0 Å². The van der Waals surface area contributed by atoms with Crippen LogP contribution in [0.15, 0.2) is 18.2 Å². The van der Waals surface area contributed by atoms with Crippen LogP contribution in [0, 0.1) is 6.92 Å². The van der Waals surface area contributed by atoms with E-state index in [2.05, 4.69) is 0 Å². The first kappa shape index (κ1) is 13.9. The molecule has 20 heavy (non-hydrogen) atoms. The van der Waals surface area contributed by atoms with E-state index in [1.165, 1.54) is 0 Å². The number of likely N-dealkylation sites (tertiary alicyclic amines) is 1. The highest BCUT2D eigenvalue weighted by Crippen LogP contribution is 2.31. The van der Waals surface area contributed by atoms with Gasteiger partial charge in [-0.2, -0.15) is 0 Å². The zero-order chi connectivity index (χ0) is 14.2. The molecule has 1 amide bonds. The molecule has 0 N–H and O–H groups in total. The van der Waals surface area contributed by atoms with Crippen molar-refractivity contribution < 1.29 is 14.3 Å². The van der Waals surface area contributed by atoms with Gasteiger partial charge in [-0.3, -0.25) is 4.79 Å². The minimum atomic E-state index is -0.592. The maximum atomic E-state index is 12.6. The number of halogens is 1. The average Bonchev–Trinajstić information content (AvgIpc) is 2.86. The number of piperidine rings is 1. The number of carbonyl (C=O) groups excluding carboxylic acids is 1. The topological polar surface area (TPSA) is 38.8 Å². The number of benzene rings is 1. The van der Waals surface area contributed by atoms with Crippen LogP contribution >= 0.6 is 11.6 Å². The van der Waals surface area contributed by atoms with Gasteiger partial charge >= 0.3 is 0 Å². The van der Waals surface area contributed by atoms with E-state index in [9.17, 15) is 4.79 Å². The summed E-state index contributed by atoms with van der Waals surface area (Å²) in [5.41, 5.74) is 1.59. The second kappa shape index (κ2) is 5.35. The Morgan fingerprint density at radius 3 is 2.80 bits per heavy atom. The largest absolute Gasteiger partial charge is 0.346 e. The van der Waals surface area contributed by atoms with Gasteiger partial charge in [-0.15, -0.1) is 0 Å². The van der Waals surface area contributed by atoms with Gasteiger partial charge < -0.3 is 14.4 Å². The molecule has 1 aromatic carbocycles.